The van der Waals surface area contributed by atoms with E-state index in [1.807, 2.05) is 6.92 Å². The van der Waals surface area contributed by atoms with E-state index in [9.17, 15) is 23.6 Å². The van der Waals surface area contributed by atoms with Gasteiger partial charge in [0.1, 0.15) is 5.75 Å². The Balaban J connectivity index is 1.85. The van der Waals surface area contributed by atoms with Crippen molar-refractivity contribution in [3.05, 3.63) is 93.5 Å². The second-order valence-electron chi connectivity index (χ2n) is 6.22. The summed E-state index contributed by atoms with van der Waals surface area (Å²) in [5.74, 6) is -0.0829. The largest absolute Gasteiger partial charge is 0.507 e. The fourth-order valence-electron chi connectivity index (χ4n) is 2.59. The summed E-state index contributed by atoms with van der Waals surface area (Å²) in [7, 11) is -3.60. The number of phenolic OH excluding ortho intramolecular Hbond substituents is 1. The molecule has 3 aromatic rings. The highest BCUT2D eigenvalue weighted by Gasteiger charge is 2.17. The van der Waals surface area contributed by atoms with E-state index in [0.717, 1.165) is 5.56 Å². The van der Waals surface area contributed by atoms with Gasteiger partial charge in [-0.1, -0.05) is 42.0 Å². The first-order valence-corrected chi connectivity index (χ1v) is 9.83. The molecule has 0 bridgehead atoms. The highest BCUT2D eigenvalue weighted by molar-refractivity contribution is 7.91. The Hall–Kier alpha value is -3.45. The number of non-ortho nitro benzene ring substituents is 1. The van der Waals surface area contributed by atoms with Crippen molar-refractivity contribution in [2.45, 2.75) is 16.7 Å². The van der Waals surface area contributed by atoms with Crippen LogP contribution in [0.3, 0.4) is 0 Å². The number of hydrogen-bond acceptors (Lipinski definition) is 5. The Bertz CT molecular complexity index is 1150. The van der Waals surface area contributed by atoms with Crippen LogP contribution in [-0.4, -0.2) is 18.4 Å². The zero-order valence-electron chi connectivity index (χ0n) is 14.9. The molecular weight excluding hydrogens is 378 g/mol. The van der Waals surface area contributed by atoms with Gasteiger partial charge in [-0.15, -0.1) is 0 Å². The van der Waals surface area contributed by atoms with E-state index in [1.165, 1.54) is 36.4 Å². The number of benzene rings is 3. The molecule has 0 heterocycles. The van der Waals surface area contributed by atoms with Crippen LogP contribution in [0.15, 0.2) is 76.5 Å². The van der Waals surface area contributed by atoms with E-state index >= 15 is 0 Å². The average Bonchev–Trinajstić information content (AvgIpc) is 2.68. The van der Waals surface area contributed by atoms with Crippen molar-refractivity contribution in [2.75, 3.05) is 0 Å². The predicted octanol–water partition coefficient (Wildman–Crippen LogP) is 4.61. The number of nitro groups is 1. The molecule has 0 saturated heterocycles. The number of phenols is 1. The summed E-state index contributed by atoms with van der Waals surface area (Å²) in [6, 6.07) is 16.6. The molecule has 0 aliphatic carbocycles. The highest BCUT2D eigenvalue weighted by Crippen LogP contribution is 2.26. The average molecular weight is 395 g/mol. The van der Waals surface area contributed by atoms with Gasteiger partial charge in [-0.2, -0.15) is 0 Å². The molecular formula is C21H17NO5S. The summed E-state index contributed by atoms with van der Waals surface area (Å²) in [6.45, 7) is 1.89. The third-order valence-corrected chi connectivity index (χ3v) is 5.98. The fourth-order valence-corrected chi connectivity index (χ4v) is 3.85. The van der Waals surface area contributed by atoms with Crippen LogP contribution in [-0.2, 0) is 9.84 Å². The summed E-state index contributed by atoms with van der Waals surface area (Å²) in [5, 5.41) is 20.7. The summed E-state index contributed by atoms with van der Waals surface area (Å²) in [6.07, 6.45) is 3.17. The van der Waals surface area contributed by atoms with Crippen LogP contribution in [0.5, 0.6) is 5.75 Å². The lowest BCUT2D eigenvalue weighted by atomic mass is 10.1. The molecule has 0 atom stereocenters. The zero-order chi connectivity index (χ0) is 20.3. The van der Waals surface area contributed by atoms with E-state index in [0.29, 0.717) is 11.1 Å². The van der Waals surface area contributed by atoms with E-state index < -0.39 is 14.8 Å². The zero-order valence-corrected chi connectivity index (χ0v) is 15.8. The SMILES string of the molecule is Cc1ccc(S(=O)(=O)c2ccc(C=Cc3cc([N+](=O)[O-])ccc3O)cc2)cc1. The molecule has 0 spiro atoms. The van der Waals surface area contributed by atoms with Crippen LogP contribution in [0.25, 0.3) is 12.2 Å². The number of aryl methyl sites for hydroxylation is 1. The molecule has 28 heavy (non-hydrogen) atoms. The summed E-state index contributed by atoms with van der Waals surface area (Å²) in [5.41, 5.74) is 1.83. The number of nitro benzene ring substituents is 1. The van der Waals surface area contributed by atoms with Gasteiger partial charge in [-0.25, -0.2) is 8.42 Å². The van der Waals surface area contributed by atoms with E-state index in [2.05, 4.69) is 0 Å². The first-order chi connectivity index (χ1) is 13.3. The van der Waals surface area contributed by atoms with Crippen LogP contribution in [0.2, 0.25) is 0 Å². The molecule has 142 valence electrons. The van der Waals surface area contributed by atoms with E-state index in [1.54, 1.807) is 42.5 Å². The number of hydrogen-bond donors (Lipinski definition) is 1. The maximum atomic E-state index is 12.7. The molecule has 0 unspecified atom stereocenters. The molecule has 6 nitrogen and oxygen atoms in total. The van der Waals surface area contributed by atoms with Gasteiger partial charge >= 0.3 is 0 Å². The molecule has 1 N–H and O–H groups in total. The second kappa shape index (κ2) is 7.66. The van der Waals surface area contributed by atoms with Crippen LogP contribution < -0.4 is 0 Å². The number of nitrogens with zero attached hydrogens (tertiary/aromatic N) is 1. The minimum absolute atomic E-state index is 0.0829. The number of rotatable bonds is 5. The minimum Gasteiger partial charge on any atom is -0.507 e. The third-order valence-electron chi connectivity index (χ3n) is 4.20. The monoisotopic (exact) mass is 395 g/mol. The molecule has 0 aliphatic heterocycles. The summed E-state index contributed by atoms with van der Waals surface area (Å²) in [4.78, 5) is 10.7. The number of aromatic hydroxyl groups is 1. The third kappa shape index (κ3) is 4.10. The minimum atomic E-state index is -3.60. The molecule has 0 aliphatic rings. The van der Waals surface area contributed by atoms with Gasteiger partial charge in [0.25, 0.3) is 5.69 Å². The molecule has 0 saturated carbocycles. The van der Waals surface area contributed by atoms with Crippen LogP contribution in [0, 0.1) is 17.0 Å². The lowest BCUT2D eigenvalue weighted by molar-refractivity contribution is -0.384. The van der Waals surface area contributed by atoms with E-state index in [-0.39, 0.29) is 21.2 Å². The summed E-state index contributed by atoms with van der Waals surface area (Å²) < 4.78 is 25.3. The second-order valence-corrected chi connectivity index (χ2v) is 8.17. The molecule has 3 rings (SSSR count). The van der Waals surface area contributed by atoms with Crippen molar-refractivity contribution in [2.24, 2.45) is 0 Å². The Morgan fingerprint density at radius 2 is 1.46 bits per heavy atom. The quantitative estimate of drug-likeness (QED) is 0.386. The molecule has 0 aromatic heterocycles. The highest BCUT2D eigenvalue weighted by atomic mass is 32.2. The van der Waals surface area contributed by atoms with Crippen molar-refractivity contribution in [3.8, 4) is 5.75 Å². The maximum Gasteiger partial charge on any atom is 0.270 e. The van der Waals surface area contributed by atoms with Gasteiger partial charge in [-0.3, -0.25) is 10.1 Å². The standard InChI is InChI=1S/C21H17NO5S/c1-15-2-9-19(10-3-15)28(26,27)20-11-5-16(6-12-20)4-7-17-14-18(22(24)25)8-13-21(17)23/h2-14,23H,1H3. The van der Waals surface area contributed by atoms with Gasteiger partial charge in [-0.05, 0) is 42.8 Å². The normalized spacial score (nSPS) is 11.6. The topological polar surface area (TPSA) is 97.5 Å². The Morgan fingerprint density at radius 3 is 2.04 bits per heavy atom. The van der Waals surface area contributed by atoms with Crippen LogP contribution in [0.1, 0.15) is 16.7 Å². The number of sulfone groups is 1. The van der Waals surface area contributed by atoms with Crippen molar-refractivity contribution < 1.29 is 18.4 Å². The lowest BCUT2D eigenvalue weighted by Crippen LogP contribution is -2.01. The van der Waals surface area contributed by atoms with E-state index in [4.69, 9.17) is 0 Å². The van der Waals surface area contributed by atoms with Crippen LogP contribution in [0.4, 0.5) is 5.69 Å². The van der Waals surface area contributed by atoms with Gasteiger partial charge < -0.3 is 5.11 Å². The van der Waals surface area contributed by atoms with Crippen molar-refractivity contribution >= 4 is 27.7 Å². The first kappa shape index (κ1) is 19.3. The van der Waals surface area contributed by atoms with Crippen molar-refractivity contribution in [1.82, 2.24) is 0 Å². The molecule has 0 radical (unpaired) electrons. The van der Waals surface area contributed by atoms with Gasteiger partial charge in [0.2, 0.25) is 9.84 Å². The van der Waals surface area contributed by atoms with Crippen LogP contribution >= 0.6 is 0 Å². The molecule has 3 aromatic carbocycles. The smallest absolute Gasteiger partial charge is 0.270 e. The molecule has 0 fully saturated rings. The Morgan fingerprint density at radius 1 is 0.893 bits per heavy atom. The van der Waals surface area contributed by atoms with Gasteiger partial charge in [0.05, 0.1) is 14.7 Å². The molecule has 0 amide bonds. The summed E-state index contributed by atoms with van der Waals surface area (Å²) >= 11 is 0. The Labute approximate surface area is 162 Å². The first-order valence-electron chi connectivity index (χ1n) is 8.35. The lowest BCUT2D eigenvalue weighted by Gasteiger charge is -2.05. The van der Waals surface area contributed by atoms with Gasteiger partial charge in [0.15, 0.2) is 0 Å². The Kier molecular flexibility index (Phi) is 5.28. The van der Waals surface area contributed by atoms with Gasteiger partial charge in [0, 0.05) is 17.7 Å². The predicted molar refractivity (Wildman–Crippen MR) is 107 cm³/mol. The fraction of sp³-hybridized carbons (Fsp3) is 0.0476. The van der Waals surface area contributed by atoms with Crippen molar-refractivity contribution in [3.63, 3.8) is 0 Å². The molecule has 7 heteroatoms. The maximum absolute atomic E-state index is 12.7. The van der Waals surface area contributed by atoms with Crippen molar-refractivity contribution in [1.29, 1.82) is 0 Å².